The van der Waals surface area contributed by atoms with Crippen LogP contribution in [0.15, 0.2) is 0 Å². The van der Waals surface area contributed by atoms with Crippen molar-refractivity contribution in [3.8, 4) is 0 Å². The molecule has 0 aliphatic carbocycles. The van der Waals surface area contributed by atoms with Gasteiger partial charge in [0.15, 0.2) is 6.10 Å². The van der Waals surface area contributed by atoms with Gasteiger partial charge in [0.2, 0.25) is 0 Å². The van der Waals surface area contributed by atoms with E-state index >= 15 is 0 Å². The van der Waals surface area contributed by atoms with Crippen LogP contribution in [0.5, 0.6) is 0 Å². The Bertz CT molecular complexity index is 20.9. The largest absolute Gasteiger partial charge is 0.311 e. The predicted octanol–water partition coefficient (Wildman–Crippen LogP) is 1.08. The molecule has 0 fully saturated rings. The third-order valence-electron chi connectivity index (χ3n) is 0.195. The van der Waals surface area contributed by atoms with E-state index in [0.29, 0.717) is 0 Å². The lowest BCUT2D eigenvalue weighted by Gasteiger charge is -1.84. The zero-order valence-electron chi connectivity index (χ0n) is 3.40. The minimum atomic E-state index is 0.275. The normalized spacial score (nSPS) is 9.60. The fraction of sp³-hybridized carbons (Fsp3) is 1.00. The lowest BCUT2D eigenvalue weighted by atomic mass is 10.5. The van der Waals surface area contributed by atoms with Crippen LogP contribution in [0.3, 0.4) is 0 Å². The first kappa shape index (κ1) is 5.25. The Labute approximate surface area is 37.1 Å². The molecule has 0 spiro atoms. The molecule has 0 unspecified atom stereocenters. The molecule has 0 saturated carbocycles. The van der Waals surface area contributed by atoms with Crippen molar-refractivity contribution in [1.82, 2.24) is 0 Å². The highest BCUT2D eigenvalue weighted by molar-refractivity contribution is 6.06. The predicted molar refractivity (Wildman–Crippen MR) is 23.2 cm³/mol. The fourth-order valence-corrected chi connectivity index (χ4v) is 0. The first-order chi connectivity index (χ1) is 2.27. The number of hydrogen-bond donors (Lipinski definition) is 0. The maximum Gasteiger partial charge on any atom is 0.301 e. The van der Waals surface area contributed by atoms with E-state index in [9.17, 15) is 0 Å². The van der Waals surface area contributed by atoms with Crippen molar-refractivity contribution in [1.29, 1.82) is 0 Å². The maximum atomic E-state index is 4.96. The molecule has 0 atom stereocenters. The first-order valence-corrected chi connectivity index (χ1v) is 1.92. The fourth-order valence-electron chi connectivity index (χ4n) is 0. The molecule has 2 heteroatoms. The third-order valence-corrected chi connectivity index (χ3v) is 0.586. The number of aliphatic hydroxyl groups is 1. The van der Waals surface area contributed by atoms with Crippen molar-refractivity contribution in [3.05, 3.63) is 0 Å². The SMILES string of the molecule is CC(C)[OH+]Cl. The summed E-state index contributed by atoms with van der Waals surface area (Å²) < 4.78 is 3.36. The summed E-state index contributed by atoms with van der Waals surface area (Å²) in [6.07, 6.45) is 0.275. The van der Waals surface area contributed by atoms with Crippen molar-refractivity contribution in [3.63, 3.8) is 0 Å². The van der Waals surface area contributed by atoms with E-state index in [1.165, 1.54) is 0 Å². The van der Waals surface area contributed by atoms with Crippen LogP contribution in [0.2, 0.25) is 0 Å². The van der Waals surface area contributed by atoms with Gasteiger partial charge in [0.1, 0.15) is 0 Å². The van der Waals surface area contributed by atoms with Gasteiger partial charge in [-0.2, -0.15) is 0 Å². The van der Waals surface area contributed by atoms with Gasteiger partial charge in [-0.3, -0.25) is 0 Å². The second kappa shape index (κ2) is 2.49. The molecule has 0 bridgehead atoms. The summed E-state index contributed by atoms with van der Waals surface area (Å²) in [5, 5.41) is 0. The van der Waals surface area contributed by atoms with Gasteiger partial charge < -0.3 is 4.29 Å². The molecule has 0 rings (SSSR count). The Hall–Kier alpha value is 0.250. The average molecular weight is 95.5 g/mol. The summed E-state index contributed by atoms with van der Waals surface area (Å²) in [7, 11) is 0. The van der Waals surface area contributed by atoms with Crippen LogP contribution in [0.1, 0.15) is 13.8 Å². The van der Waals surface area contributed by atoms with E-state index in [2.05, 4.69) is 4.29 Å². The standard InChI is InChI=1S/C3H7ClO/c1-3(2)5-4/h3H,1-2H3/p+1. The molecule has 32 valence electrons. The highest BCUT2D eigenvalue weighted by Crippen LogP contribution is 1.82. The topological polar surface area (TPSA) is 12.8 Å². The highest BCUT2D eigenvalue weighted by atomic mass is 35.5. The van der Waals surface area contributed by atoms with Crippen LogP contribution < -0.4 is 0 Å². The van der Waals surface area contributed by atoms with Gasteiger partial charge in [0.05, 0.1) is 0 Å². The number of halogens is 1. The Balaban J connectivity index is 2.54. The van der Waals surface area contributed by atoms with Gasteiger partial charge in [-0.25, -0.2) is 0 Å². The Morgan fingerprint density at radius 3 is 1.80 bits per heavy atom. The van der Waals surface area contributed by atoms with E-state index in [1.54, 1.807) is 0 Å². The molecule has 1 N–H and O–H groups in total. The van der Waals surface area contributed by atoms with Crippen LogP contribution in [0.4, 0.5) is 0 Å². The zero-order valence-corrected chi connectivity index (χ0v) is 4.16. The average Bonchev–Trinajstić information content (AvgIpc) is 1.38. The Morgan fingerprint density at radius 1 is 1.60 bits per heavy atom. The van der Waals surface area contributed by atoms with Crippen molar-refractivity contribution in [2.45, 2.75) is 20.0 Å². The summed E-state index contributed by atoms with van der Waals surface area (Å²) >= 11 is 4.96. The van der Waals surface area contributed by atoms with Gasteiger partial charge in [-0.05, 0) is 0 Å². The van der Waals surface area contributed by atoms with E-state index in [4.69, 9.17) is 11.9 Å². The van der Waals surface area contributed by atoms with E-state index in [1.807, 2.05) is 13.8 Å². The van der Waals surface area contributed by atoms with E-state index in [0.717, 1.165) is 0 Å². The second-order valence-corrected chi connectivity index (χ2v) is 1.39. The van der Waals surface area contributed by atoms with Gasteiger partial charge >= 0.3 is 11.9 Å². The summed E-state index contributed by atoms with van der Waals surface area (Å²) in [6.45, 7) is 3.85. The van der Waals surface area contributed by atoms with Crippen LogP contribution >= 0.6 is 11.9 Å². The summed E-state index contributed by atoms with van der Waals surface area (Å²) in [6, 6.07) is 0. The molecule has 0 aromatic rings. The van der Waals surface area contributed by atoms with Crippen molar-refractivity contribution >= 4 is 11.9 Å². The minimum Gasteiger partial charge on any atom is -0.311 e. The molecule has 0 aromatic carbocycles. The molecule has 0 aliphatic rings. The molecule has 5 heavy (non-hydrogen) atoms. The quantitative estimate of drug-likeness (QED) is 0.433. The first-order valence-electron chi connectivity index (χ1n) is 1.58. The summed E-state index contributed by atoms with van der Waals surface area (Å²) in [5.74, 6) is 0. The van der Waals surface area contributed by atoms with E-state index in [-0.39, 0.29) is 6.10 Å². The summed E-state index contributed by atoms with van der Waals surface area (Å²) in [4.78, 5) is 0. The lowest BCUT2D eigenvalue weighted by molar-refractivity contribution is 0.0966. The molecule has 0 aromatic heterocycles. The second-order valence-electron chi connectivity index (χ2n) is 1.19. The smallest absolute Gasteiger partial charge is 0.301 e. The molecule has 0 saturated heterocycles. The van der Waals surface area contributed by atoms with Crippen LogP contribution in [0.25, 0.3) is 0 Å². The highest BCUT2D eigenvalue weighted by Gasteiger charge is 1.88. The Morgan fingerprint density at radius 2 is 1.80 bits per heavy atom. The molecule has 1 nitrogen and oxygen atoms in total. The van der Waals surface area contributed by atoms with Crippen molar-refractivity contribution in [2.24, 2.45) is 0 Å². The van der Waals surface area contributed by atoms with Crippen LogP contribution in [-0.2, 0) is 0 Å². The maximum absolute atomic E-state index is 4.96. The monoisotopic (exact) mass is 95.0 g/mol. The van der Waals surface area contributed by atoms with Gasteiger partial charge in [-0.15, -0.1) is 0 Å². The molecular weight excluding hydrogens is 87.5 g/mol. The Kier molecular flexibility index (Phi) is 2.61. The number of rotatable bonds is 1. The minimum absolute atomic E-state index is 0.275. The van der Waals surface area contributed by atoms with Crippen molar-refractivity contribution < 1.29 is 4.29 Å². The number of hydrogen-bond acceptors (Lipinski definition) is 0. The third kappa shape index (κ3) is 4.25. The summed E-state index contributed by atoms with van der Waals surface area (Å²) in [5.41, 5.74) is 0. The van der Waals surface area contributed by atoms with Gasteiger partial charge in [-0.1, -0.05) is 0 Å². The van der Waals surface area contributed by atoms with Crippen LogP contribution in [-0.4, -0.2) is 10.4 Å². The van der Waals surface area contributed by atoms with Crippen molar-refractivity contribution in [2.75, 3.05) is 0 Å². The molecular formula is C3H8ClO+. The van der Waals surface area contributed by atoms with Crippen LogP contribution in [0, 0.1) is 0 Å². The molecule has 0 amide bonds. The lowest BCUT2D eigenvalue weighted by Crippen LogP contribution is -1.94. The van der Waals surface area contributed by atoms with Gasteiger partial charge in [0.25, 0.3) is 0 Å². The zero-order chi connectivity index (χ0) is 4.28. The van der Waals surface area contributed by atoms with Gasteiger partial charge in [0, 0.05) is 13.8 Å². The molecule has 0 radical (unpaired) electrons. The molecule has 0 heterocycles. The van der Waals surface area contributed by atoms with E-state index < -0.39 is 0 Å². The molecule has 0 aliphatic heterocycles.